The van der Waals surface area contributed by atoms with Crippen molar-refractivity contribution in [3.63, 3.8) is 0 Å². The van der Waals surface area contributed by atoms with Crippen LogP contribution in [0.25, 0.3) is 17.0 Å². The Kier molecular flexibility index (Phi) is 7.02. The van der Waals surface area contributed by atoms with Crippen molar-refractivity contribution < 1.29 is 18.8 Å². The molecule has 3 aromatic carbocycles. The fourth-order valence-electron chi connectivity index (χ4n) is 4.79. The molecule has 0 saturated heterocycles. The summed E-state index contributed by atoms with van der Waals surface area (Å²) in [5.74, 6) is 0.472. The molecule has 2 N–H and O–H groups in total. The molecule has 0 atom stereocenters. The lowest BCUT2D eigenvalue weighted by atomic mass is 9.85. The highest BCUT2D eigenvalue weighted by atomic mass is 35.5. The highest BCUT2D eigenvalue weighted by Gasteiger charge is 2.28. The Morgan fingerprint density at radius 3 is 2.64 bits per heavy atom. The number of ether oxygens (including phenoxy) is 1. The standard InChI is InChI=1S/C31H28ClN3O4/c1-18-28(29(35-39-18)23-10-5-6-11-25(23)32)30(37)33-21-9-7-8-19(14-21)27(36)16-26-24-15-22(38-4)13-12-20(24)17-31(2,3)34-26/h5-16,34H,17H2,1-4H3,(H,33,37). The fourth-order valence-corrected chi connectivity index (χ4v) is 5.01. The van der Waals surface area contributed by atoms with Crippen LogP contribution in [-0.4, -0.2) is 29.5 Å². The van der Waals surface area contributed by atoms with Gasteiger partial charge in [-0.25, -0.2) is 0 Å². The molecule has 7 nitrogen and oxygen atoms in total. The van der Waals surface area contributed by atoms with Crippen LogP contribution in [0.4, 0.5) is 5.69 Å². The number of aromatic nitrogens is 1. The second-order valence-corrected chi connectivity index (χ2v) is 10.5. The van der Waals surface area contributed by atoms with Crippen molar-refractivity contribution in [3.05, 3.63) is 106 Å². The highest BCUT2D eigenvalue weighted by Crippen LogP contribution is 2.33. The van der Waals surface area contributed by atoms with Gasteiger partial charge in [0, 0.05) is 39.7 Å². The summed E-state index contributed by atoms with van der Waals surface area (Å²) in [4.78, 5) is 26.7. The molecule has 0 aliphatic carbocycles. The van der Waals surface area contributed by atoms with Crippen LogP contribution in [0.1, 0.15) is 51.5 Å². The Morgan fingerprint density at radius 2 is 1.87 bits per heavy atom. The number of hydrogen-bond donors (Lipinski definition) is 2. The summed E-state index contributed by atoms with van der Waals surface area (Å²) in [6.45, 7) is 5.86. The second-order valence-electron chi connectivity index (χ2n) is 10.1. The Labute approximate surface area is 231 Å². The monoisotopic (exact) mass is 541 g/mol. The average molecular weight is 542 g/mol. The van der Waals surface area contributed by atoms with Gasteiger partial charge in [-0.2, -0.15) is 0 Å². The van der Waals surface area contributed by atoms with Crippen LogP contribution >= 0.6 is 11.6 Å². The normalized spacial score (nSPS) is 14.8. The van der Waals surface area contributed by atoms with Crippen LogP contribution < -0.4 is 15.4 Å². The summed E-state index contributed by atoms with van der Waals surface area (Å²) in [7, 11) is 1.62. The molecule has 1 aromatic heterocycles. The number of aryl methyl sites for hydroxylation is 1. The van der Waals surface area contributed by atoms with Gasteiger partial charge in [-0.15, -0.1) is 0 Å². The molecule has 39 heavy (non-hydrogen) atoms. The number of carbonyl (C=O) groups is 2. The van der Waals surface area contributed by atoms with E-state index in [1.807, 2.05) is 24.3 Å². The quantitative estimate of drug-likeness (QED) is 0.208. The molecule has 0 spiro atoms. The molecular weight excluding hydrogens is 514 g/mol. The molecular formula is C31H28ClN3O4. The first-order valence-corrected chi connectivity index (χ1v) is 12.9. The van der Waals surface area contributed by atoms with Gasteiger partial charge in [0.15, 0.2) is 5.78 Å². The van der Waals surface area contributed by atoms with Gasteiger partial charge in [0.05, 0.1) is 12.1 Å². The highest BCUT2D eigenvalue weighted by molar-refractivity contribution is 6.33. The largest absolute Gasteiger partial charge is 0.497 e. The van der Waals surface area contributed by atoms with Crippen molar-refractivity contribution in [1.82, 2.24) is 10.5 Å². The SMILES string of the molecule is COc1ccc2c(c1)C(=CC(=O)c1cccc(NC(=O)c3c(-c4ccccc4Cl)noc3C)c1)NC(C)(C)C2. The summed E-state index contributed by atoms with van der Waals surface area (Å²) in [5, 5.41) is 10.9. The number of nitrogens with zero attached hydrogens (tertiary/aromatic N) is 1. The van der Waals surface area contributed by atoms with E-state index in [-0.39, 0.29) is 16.9 Å². The lowest BCUT2D eigenvalue weighted by Gasteiger charge is -2.35. The van der Waals surface area contributed by atoms with Crippen LogP contribution in [0.5, 0.6) is 5.75 Å². The van der Waals surface area contributed by atoms with Gasteiger partial charge in [0.2, 0.25) is 0 Å². The third-order valence-corrected chi connectivity index (χ3v) is 6.94. The van der Waals surface area contributed by atoms with Crippen LogP contribution in [0.2, 0.25) is 5.02 Å². The van der Waals surface area contributed by atoms with Crippen molar-refractivity contribution in [1.29, 1.82) is 0 Å². The summed E-state index contributed by atoms with van der Waals surface area (Å²) < 4.78 is 10.7. The molecule has 5 rings (SSSR count). The summed E-state index contributed by atoms with van der Waals surface area (Å²) in [6.07, 6.45) is 2.41. The predicted octanol–water partition coefficient (Wildman–Crippen LogP) is 6.71. The van der Waals surface area contributed by atoms with Crippen LogP contribution in [0.15, 0.2) is 77.3 Å². The van der Waals surface area contributed by atoms with E-state index in [1.165, 1.54) is 0 Å². The van der Waals surface area contributed by atoms with Crippen LogP contribution in [-0.2, 0) is 6.42 Å². The molecule has 8 heteroatoms. The molecule has 198 valence electrons. The van der Waals surface area contributed by atoms with E-state index in [4.69, 9.17) is 20.9 Å². The number of hydrogen-bond acceptors (Lipinski definition) is 6. The summed E-state index contributed by atoms with van der Waals surface area (Å²) in [6, 6.07) is 19.8. The molecule has 1 aliphatic heterocycles. The molecule has 0 unspecified atom stereocenters. The van der Waals surface area contributed by atoms with Gasteiger partial charge in [-0.1, -0.05) is 53.2 Å². The van der Waals surface area contributed by atoms with Gasteiger partial charge < -0.3 is 19.9 Å². The van der Waals surface area contributed by atoms with E-state index < -0.39 is 5.91 Å². The van der Waals surface area contributed by atoms with E-state index in [2.05, 4.69) is 29.6 Å². The number of methoxy groups -OCH3 is 1. The average Bonchev–Trinajstić information content (AvgIpc) is 3.29. The van der Waals surface area contributed by atoms with Crippen molar-refractivity contribution in [3.8, 4) is 17.0 Å². The van der Waals surface area contributed by atoms with Crippen molar-refractivity contribution >= 4 is 34.7 Å². The topological polar surface area (TPSA) is 93.5 Å². The van der Waals surface area contributed by atoms with Gasteiger partial charge in [-0.3, -0.25) is 9.59 Å². The Balaban J connectivity index is 1.42. The first kappa shape index (κ1) is 26.3. The Hall–Kier alpha value is -4.36. The number of ketones is 1. The maximum Gasteiger partial charge on any atom is 0.261 e. The van der Waals surface area contributed by atoms with Crippen molar-refractivity contribution in [2.45, 2.75) is 32.7 Å². The molecule has 0 bridgehead atoms. The Morgan fingerprint density at radius 1 is 1.08 bits per heavy atom. The molecule has 1 aliphatic rings. The zero-order valence-electron chi connectivity index (χ0n) is 22.1. The summed E-state index contributed by atoms with van der Waals surface area (Å²) in [5.41, 5.74) is 4.70. The number of benzene rings is 3. The van der Waals surface area contributed by atoms with E-state index >= 15 is 0 Å². The third kappa shape index (κ3) is 5.45. The number of halogens is 1. The van der Waals surface area contributed by atoms with E-state index in [1.54, 1.807) is 62.6 Å². The van der Waals surface area contributed by atoms with Crippen LogP contribution in [0, 0.1) is 6.92 Å². The lowest BCUT2D eigenvalue weighted by molar-refractivity contribution is 0.102. The van der Waals surface area contributed by atoms with E-state index in [9.17, 15) is 9.59 Å². The lowest BCUT2D eigenvalue weighted by Crippen LogP contribution is -2.43. The number of carbonyl (C=O) groups excluding carboxylic acids is 2. The van der Waals surface area contributed by atoms with Gasteiger partial charge in [0.25, 0.3) is 5.91 Å². The number of anilines is 1. The predicted molar refractivity (Wildman–Crippen MR) is 152 cm³/mol. The Bertz CT molecular complexity index is 1620. The molecule has 0 fully saturated rings. The summed E-state index contributed by atoms with van der Waals surface area (Å²) >= 11 is 6.34. The van der Waals surface area contributed by atoms with Crippen molar-refractivity contribution in [2.24, 2.45) is 0 Å². The van der Waals surface area contributed by atoms with E-state index in [0.29, 0.717) is 33.3 Å². The number of fused-ring (bicyclic) bond motifs is 1. The minimum absolute atomic E-state index is 0.196. The third-order valence-electron chi connectivity index (χ3n) is 6.61. The molecule has 0 saturated carbocycles. The zero-order chi connectivity index (χ0) is 27.7. The smallest absolute Gasteiger partial charge is 0.261 e. The zero-order valence-corrected chi connectivity index (χ0v) is 22.8. The molecule has 4 aromatic rings. The number of amides is 1. The van der Waals surface area contributed by atoms with Gasteiger partial charge in [0.1, 0.15) is 22.8 Å². The van der Waals surface area contributed by atoms with E-state index in [0.717, 1.165) is 29.0 Å². The second kappa shape index (κ2) is 10.4. The minimum atomic E-state index is -0.414. The molecule has 0 radical (unpaired) electrons. The number of rotatable bonds is 6. The first-order valence-electron chi connectivity index (χ1n) is 12.5. The van der Waals surface area contributed by atoms with Crippen LogP contribution in [0.3, 0.4) is 0 Å². The fraction of sp³-hybridized carbons (Fsp3) is 0.194. The maximum absolute atomic E-state index is 13.4. The molecule has 2 heterocycles. The number of nitrogens with one attached hydrogen (secondary N) is 2. The molecule has 1 amide bonds. The van der Waals surface area contributed by atoms with Gasteiger partial charge >= 0.3 is 0 Å². The van der Waals surface area contributed by atoms with Gasteiger partial charge in [-0.05, 0) is 63.1 Å². The number of allylic oxidation sites excluding steroid dienone is 1. The van der Waals surface area contributed by atoms with Crippen molar-refractivity contribution in [2.75, 3.05) is 12.4 Å². The maximum atomic E-state index is 13.4. The minimum Gasteiger partial charge on any atom is -0.497 e. The first-order chi connectivity index (χ1) is 18.6.